The predicted octanol–water partition coefficient (Wildman–Crippen LogP) is 3.73. The molecule has 1 aliphatic heterocycles. The van der Waals surface area contributed by atoms with Crippen molar-refractivity contribution in [2.45, 2.75) is 70.4 Å². The van der Waals surface area contributed by atoms with Crippen molar-refractivity contribution in [3.05, 3.63) is 16.1 Å². The van der Waals surface area contributed by atoms with Crippen molar-refractivity contribution in [2.24, 2.45) is 0 Å². The van der Waals surface area contributed by atoms with Gasteiger partial charge < -0.3 is 5.32 Å². The van der Waals surface area contributed by atoms with Crippen LogP contribution in [-0.4, -0.2) is 35.1 Å². The van der Waals surface area contributed by atoms with Crippen LogP contribution in [0.3, 0.4) is 0 Å². The first-order valence-electron chi connectivity index (χ1n) is 8.66. The third kappa shape index (κ3) is 3.85. The molecule has 3 rings (SSSR count). The van der Waals surface area contributed by atoms with Crippen LogP contribution < -0.4 is 5.32 Å². The molecule has 1 aliphatic carbocycles. The van der Waals surface area contributed by atoms with Crippen molar-refractivity contribution in [3.8, 4) is 0 Å². The van der Waals surface area contributed by atoms with E-state index in [0.717, 1.165) is 13.1 Å². The second-order valence-corrected chi connectivity index (χ2v) is 8.10. The molecule has 1 N–H and O–H groups in total. The van der Waals surface area contributed by atoms with Crippen LogP contribution in [0.2, 0.25) is 0 Å². The van der Waals surface area contributed by atoms with E-state index in [1.807, 2.05) is 17.5 Å². The van der Waals surface area contributed by atoms with Gasteiger partial charge >= 0.3 is 0 Å². The minimum atomic E-state index is 0.443. The Hall–Kier alpha value is -0.450. The fourth-order valence-electron chi connectivity index (χ4n) is 4.09. The van der Waals surface area contributed by atoms with Crippen molar-refractivity contribution >= 4 is 11.3 Å². The Balaban J connectivity index is 1.59. The van der Waals surface area contributed by atoms with Crippen LogP contribution in [0.25, 0.3) is 0 Å². The Bertz CT molecular complexity index is 431. The maximum atomic E-state index is 4.36. The summed E-state index contributed by atoms with van der Waals surface area (Å²) in [4.78, 5) is 8.55. The van der Waals surface area contributed by atoms with Gasteiger partial charge in [-0.1, -0.05) is 25.7 Å². The van der Waals surface area contributed by atoms with Gasteiger partial charge in [-0.3, -0.25) is 4.90 Å². The highest BCUT2D eigenvalue weighted by Gasteiger charge is 2.37. The molecule has 0 radical (unpaired) electrons. The number of aromatic nitrogens is 1. The minimum Gasteiger partial charge on any atom is -0.310 e. The van der Waals surface area contributed by atoms with Gasteiger partial charge in [0.05, 0.1) is 5.01 Å². The van der Waals surface area contributed by atoms with Gasteiger partial charge in [0.1, 0.15) is 0 Å². The lowest BCUT2D eigenvalue weighted by Gasteiger charge is -2.48. The zero-order valence-corrected chi connectivity index (χ0v) is 14.2. The molecule has 0 atom stereocenters. The Morgan fingerprint density at radius 2 is 1.86 bits per heavy atom. The lowest BCUT2D eigenvalue weighted by molar-refractivity contribution is 0.0333. The first kappa shape index (κ1) is 15.4. The van der Waals surface area contributed by atoms with E-state index >= 15 is 0 Å². The monoisotopic (exact) mass is 307 g/mol. The molecule has 2 heterocycles. The molecule has 3 nitrogen and oxygen atoms in total. The lowest BCUT2D eigenvalue weighted by atomic mass is 9.79. The van der Waals surface area contributed by atoms with Crippen LogP contribution in [0, 0.1) is 6.92 Å². The quantitative estimate of drug-likeness (QED) is 0.898. The average Bonchev–Trinajstić information content (AvgIpc) is 2.95. The van der Waals surface area contributed by atoms with Crippen LogP contribution in [0.5, 0.6) is 0 Å². The lowest BCUT2D eigenvalue weighted by Crippen LogP contribution is -2.57. The summed E-state index contributed by atoms with van der Waals surface area (Å²) >= 11 is 1.82. The number of rotatable bonds is 5. The molecule has 4 heteroatoms. The summed E-state index contributed by atoms with van der Waals surface area (Å²) in [7, 11) is 0. The summed E-state index contributed by atoms with van der Waals surface area (Å²) in [5.74, 6) is 0. The number of nitrogens with zero attached hydrogens (tertiary/aromatic N) is 2. The molecule has 21 heavy (non-hydrogen) atoms. The molecule has 0 amide bonds. The number of hydrogen-bond donors (Lipinski definition) is 1. The maximum Gasteiger partial charge on any atom is 0.0897 e. The van der Waals surface area contributed by atoms with E-state index in [9.17, 15) is 0 Å². The van der Waals surface area contributed by atoms with Crippen molar-refractivity contribution in [2.75, 3.05) is 19.6 Å². The molecule has 1 aromatic rings. The van der Waals surface area contributed by atoms with Crippen LogP contribution in [0.4, 0.5) is 0 Å². The maximum absolute atomic E-state index is 4.36. The number of piperidine rings is 1. The average molecular weight is 308 g/mol. The summed E-state index contributed by atoms with van der Waals surface area (Å²) in [6.07, 6.45) is 13.3. The predicted molar refractivity (Wildman–Crippen MR) is 89.8 cm³/mol. The number of aryl methyl sites for hydroxylation is 1. The number of thiazole rings is 1. The van der Waals surface area contributed by atoms with Gasteiger partial charge in [-0.25, -0.2) is 4.98 Å². The summed E-state index contributed by atoms with van der Waals surface area (Å²) in [6, 6.07) is 0. The normalized spacial score (nSPS) is 23.3. The second kappa shape index (κ2) is 7.21. The first-order valence-corrected chi connectivity index (χ1v) is 9.47. The van der Waals surface area contributed by atoms with Crippen LogP contribution >= 0.6 is 11.3 Å². The summed E-state index contributed by atoms with van der Waals surface area (Å²) in [5, 5.41) is 4.93. The topological polar surface area (TPSA) is 28.2 Å². The third-order valence-electron chi connectivity index (χ3n) is 5.23. The number of hydrogen-bond acceptors (Lipinski definition) is 4. The van der Waals surface area contributed by atoms with Crippen molar-refractivity contribution < 1.29 is 0 Å². The van der Waals surface area contributed by atoms with Crippen molar-refractivity contribution in [1.29, 1.82) is 0 Å². The van der Waals surface area contributed by atoms with Crippen LogP contribution in [0.15, 0.2) is 6.20 Å². The highest BCUT2D eigenvalue weighted by Crippen LogP contribution is 2.35. The molecular weight excluding hydrogens is 278 g/mol. The zero-order chi connectivity index (χ0) is 14.5. The number of likely N-dealkylation sites (tertiary alicyclic amines) is 1. The zero-order valence-electron chi connectivity index (χ0n) is 13.4. The van der Waals surface area contributed by atoms with E-state index in [-0.39, 0.29) is 0 Å². The fourth-order valence-corrected chi connectivity index (χ4v) is 4.85. The van der Waals surface area contributed by atoms with E-state index in [1.54, 1.807) is 0 Å². The molecule has 1 saturated heterocycles. The van der Waals surface area contributed by atoms with E-state index < -0.39 is 0 Å². The highest BCUT2D eigenvalue weighted by atomic mass is 32.1. The van der Waals surface area contributed by atoms with Gasteiger partial charge in [-0.05, 0) is 45.7 Å². The second-order valence-electron chi connectivity index (χ2n) is 6.78. The molecular formula is C17H29N3S. The van der Waals surface area contributed by atoms with Gasteiger partial charge in [0.15, 0.2) is 0 Å². The van der Waals surface area contributed by atoms with Crippen molar-refractivity contribution in [1.82, 2.24) is 15.2 Å². The van der Waals surface area contributed by atoms with Gasteiger partial charge in [0.2, 0.25) is 0 Å². The van der Waals surface area contributed by atoms with Gasteiger partial charge in [-0.2, -0.15) is 0 Å². The van der Waals surface area contributed by atoms with Gasteiger partial charge in [0.25, 0.3) is 0 Å². The SMILES string of the molecule is Cc1ncc(CNCC2(N3CCCCC3)CCCCC2)s1. The summed E-state index contributed by atoms with van der Waals surface area (Å²) < 4.78 is 0. The van der Waals surface area contributed by atoms with E-state index in [0.29, 0.717) is 5.54 Å². The minimum absolute atomic E-state index is 0.443. The smallest absolute Gasteiger partial charge is 0.0897 e. The molecule has 0 spiro atoms. The summed E-state index contributed by atoms with van der Waals surface area (Å²) in [6.45, 7) is 6.87. The number of nitrogens with one attached hydrogen (secondary N) is 1. The molecule has 2 fully saturated rings. The standard InChI is InChI=1S/C17H29N3S/c1-15-19-13-16(21-15)12-18-14-17(8-4-2-5-9-17)20-10-6-3-7-11-20/h13,18H,2-12,14H2,1H3. The van der Waals surface area contributed by atoms with Gasteiger partial charge in [-0.15, -0.1) is 11.3 Å². The van der Waals surface area contributed by atoms with E-state index in [4.69, 9.17) is 0 Å². The third-order valence-corrected chi connectivity index (χ3v) is 6.15. The van der Waals surface area contributed by atoms with Crippen LogP contribution in [0.1, 0.15) is 61.3 Å². The Morgan fingerprint density at radius 3 is 2.52 bits per heavy atom. The molecule has 0 bridgehead atoms. The largest absolute Gasteiger partial charge is 0.310 e. The van der Waals surface area contributed by atoms with Gasteiger partial charge in [0, 0.05) is 29.7 Å². The Labute approximate surface area is 133 Å². The molecule has 2 aliphatic rings. The molecule has 0 aromatic carbocycles. The fraction of sp³-hybridized carbons (Fsp3) is 0.824. The molecule has 0 unspecified atom stereocenters. The first-order chi connectivity index (χ1) is 10.3. The van der Waals surface area contributed by atoms with E-state index in [2.05, 4.69) is 22.1 Å². The van der Waals surface area contributed by atoms with Crippen molar-refractivity contribution in [3.63, 3.8) is 0 Å². The Morgan fingerprint density at radius 1 is 1.14 bits per heavy atom. The van der Waals surface area contributed by atoms with E-state index in [1.165, 1.54) is 74.3 Å². The molecule has 1 aromatic heterocycles. The Kier molecular flexibility index (Phi) is 5.30. The molecule has 1 saturated carbocycles. The summed E-state index contributed by atoms with van der Waals surface area (Å²) in [5.41, 5.74) is 0.443. The van der Waals surface area contributed by atoms with Crippen LogP contribution in [-0.2, 0) is 6.54 Å². The molecule has 118 valence electrons. The highest BCUT2D eigenvalue weighted by molar-refractivity contribution is 7.11.